The number of pyridine rings is 1. The first kappa shape index (κ1) is 34.5. The van der Waals surface area contributed by atoms with Gasteiger partial charge in [0.2, 0.25) is 6.79 Å². The molecule has 1 N–H and O–H groups in total. The number of benzene rings is 1. The Bertz CT molecular complexity index is 1320. The zero-order valence-electron chi connectivity index (χ0n) is 26.4. The van der Waals surface area contributed by atoms with Crippen LogP contribution >= 0.6 is 0 Å². The topological polar surface area (TPSA) is 158 Å². The van der Waals surface area contributed by atoms with Crippen LogP contribution in [0.4, 0.5) is 0 Å². The van der Waals surface area contributed by atoms with Gasteiger partial charge in [-0.2, -0.15) is 0 Å². The second-order valence-electron chi connectivity index (χ2n) is 11.1. The van der Waals surface area contributed by atoms with Gasteiger partial charge in [-0.15, -0.1) is 0 Å². The molecule has 2 aromatic rings. The second kappa shape index (κ2) is 17.3. The number of methoxy groups -OCH3 is 1. The van der Waals surface area contributed by atoms with E-state index in [-0.39, 0.29) is 42.1 Å². The number of cyclic esters (lactones) is 1. The predicted molar refractivity (Wildman–Crippen MR) is 162 cm³/mol. The van der Waals surface area contributed by atoms with Crippen LogP contribution < -0.4 is 19.5 Å². The van der Waals surface area contributed by atoms with Crippen molar-refractivity contribution in [2.75, 3.05) is 27.1 Å². The van der Waals surface area contributed by atoms with Crippen LogP contribution in [0, 0.1) is 5.92 Å². The Balaban J connectivity index is 1.48. The summed E-state index contributed by atoms with van der Waals surface area (Å²) in [4.78, 5) is 55.9. The highest BCUT2D eigenvalue weighted by Gasteiger charge is 2.40. The number of carbonyl (C=O) groups excluding carboxylic acids is 4. The van der Waals surface area contributed by atoms with Crippen molar-refractivity contribution < 1.29 is 52.3 Å². The SMILES string of the molecule is CCOCC(=O)OCOc1c(OC)ccnc1C(=O)N[C@H]1CCC[C@H](Oc2ccccc2)C(OC(=O)C2CCCC2)[C@H](C)OC1=O. The lowest BCUT2D eigenvalue weighted by Gasteiger charge is -2.31. The van der Waals surface area contributed by atoms with Crippen molar-refractivity contribution in [3.8, 4) is 17.2 Å². The van der Waals surface area contributed by atoms with Gasteiger partial charge < -0.3 is 38.5 Å². The highest BCUT2D eigenvalue weighted by molar-refractivity contribution is 5.98. The summed E-state index contributed by atoms with van der Waals surface area (Å²) in [5.41, 5.74) is -0.186. The van der Waals surface area contributed by atoms with Crippen molar-refractivity contribution in [2.24, 2.45) is 5.92 Å². The third-order valence-corrected chi connectivity index (χ3v) is 7.82. The maximum atomic E-state index is 13.5. The summed E-state index contributed by atoms with van der Waals surface area (Å²) < 4.78 is 39.0. The standard InChI is InChI=1S/C33H42N2O11/c1-4-41-19-27(36)42-20-43-30-25(40-3)17-18-34-28(30)31(37)35-24-15-10-16-26(45-23-13-6-5-7-14-23)29(21(2)44-33(24)39)46-32(38)22-11-8-9-12-22/h5-7,13-14,17-18,21-22,24,26,29H,4,8-12,15-16,19-20H2,1-3H3,(H,35,37)/t21-,24-,26-,29?/m0/s1. The van der Waals surface area contributed by atoms with E-state index in [0.29, 0.717) is 25.2 Å². The average molecular weight is 643 g/mol. The van der Waals surface area contributed by atoms with E-state index in [0.717, 1.165) is 25.7 Å². The molecule has 250 valence electrons. The van der Waals surface area contributed by atoms with Crippen molar-refractivity contribution in [2.45, 2.75) is 83.1 Å². The Morgan fingerprint density at radius 3 is 2.50 bits per heavy atom. The molecule has 1 aromatic carbocycles. The number of nitrogens with zero attached hydrogens (tertiary/aromatic N) is 1. The summed E-state index contributed by atoms with van der Waals surface area (Å²) in [7, 11) is 1.38. The second-order valence-corrected chi connectivity index (χ2v) is 11.1. The van der Waals surface area contributed by atoms with Gasteiger partial charge in [0.15, 0.2) is 23.3 Å². The largest absolute Gasteiger partial charge is 0.493 e. The molecule has 0 spiro atoms. The van der Waals surface area contributed by atoms with Gasteiger partial charge in [0.05, 0.1) is 13.0 Å². The summed E-state index contributed by atoms with van der Waals surface area (Å²) in [5.74, 6) is -1.91. The van der Waals surface area contributed by atoms with Gasteiger partial charge in [-0.05, 0) is 58.1 Å². The lowest BCUT2D eigenvalue weighted by molar-refractivity contribution is -0.177. The summed E-state index contributed by atoms with van der Waals surface area (Å²) in [6, 6.07) is 9.59. The first-order chi connectivity index (χ1) is 22.3. The summed E-state index contributed by atoms with van der Waals surface area (Å²) in [5, 5.41) is 2.70. The quantitative estimate of drug-likeness (QED) is 0.192. The number of nitrogens with one attached hydrogen (secondary N) is 1. The molecule has 0 radical (unpaired) electrons. The number of amides is 1. The van der Waals surface area contributed by atoms with Crippen molar-refractivity contribution >= 4 is 23.8 Å². The number of rotatable bonds is 13. The highest BCUT2D eigenvalue weighted by atomic mass is 16.7. The highest BCUT2D eigenvalue weighted by Crippen LogP contribution is 2.31. The molecule has 1 aliphatic carbocycles. The molecule has 1 unspecified atom stereocenters. The number of hydrogen-bond donors (Lipinski definition) is 1. The van der Waals surface area contributed by atoms with Crippen LogP contribution in [0.1, 0.15) is 69.3 Å². The van der Waals surface area contributed by atoms with Crippen LogP contribution in [0.3, 0.4) is 0 Å². The van der Waals surface area contributed by atoms with Gasteiger partial charge in [-0.1, -0.05) is 31.0 Å². The molecule has 1 amide bonds. The number of hydrogen-bond acceptors (Lipinski definition) is 12. The Hall–Kier alpha value is -4.39. The van der Waals surface area contributed by atoms with Gasteiger partial charge in [-0.25, -0.2) is 14.6 Å². The normalized spacial score (nSPS) is 21.9. The maximum Gasteiger partial charge on any atom is 0.334 e. The molecule has 4 atom stereocenters. The first-order valence-electron chi connectivity index (χ1n) is 15.6. The maximum absolute atomic E-state index is 13.5. The van der Waals surface area contributed by atoms with Crippen LogP contribution in [0.15, 0.2) is 42.6 Å². The molecular formula is C33H42N2O11. The predicted octanol–water partition coefficient (Wildman–Crippen LogP) is 3.77. The average Bonchev–Trinajstić information content (AvgIpc) is 3.61. The van der Waals surface area contributed by atoms with Crippen LogP contribution in [0.2, 0.25) is 0 Å². The summed E-state index contributed by atoms with van der Waals surface area (Å²) in [6.45, 7) is 2.95. The molecule has 13 nitrogen and oxygen atoms in total. The monoisotopic (exact) mass is 642 g/mol. The van der Waals surface area contributed by atoms with Gasteiger partial charge in [0, 0.05) is 18.9 Å². The Morgan fingerprint density at radius 2 is 1.78 bits per heavy atom. The zero-order valence-corrected chi connectivity index (χ0v) is 26.4. The van der Waals surface area contributed by atoms with Gasteiger partial charge in [0.1, 0.15) is 30.6 Å². The number of ether oxygens (including phenoxy) is 7. The molecule has 0 bridgehead atoms. The van der Waals surface area contributed by atoms with Gasteiger partial charge >= 0.3 is 17.9 Å². The van der Waals surface area contributed by atoms with E-state index < -0.39 is 49.0 Å². The van der Waals surface area contributed by atoms with Gasteiger partial charge in [-0.3, -0.25) is 9.59 Å². The molecule has 46 heavy (non-hydrogen) atoms. The van der Waals surface area contributed by atoms with Crippen molar-refractivity contribution in [3.63, 3.8) is 0 Å². The Morgan fingerprint density at radius 1 is 1.02 bits per heavy atom. The van der Waals surface area contributed by atoms with Crippen molar-refractivity contribution in [3.05, 3.63) is 48.3 Å². The van der Waals surface area contributed by atoms with Crippen LogP contribution in [-0.2, 0) is 33.3 Å². The lowest BCUT2D eigenvalue weighted by atomic mass is 10.0. The van der Waals surface area contributed by atoms with Crippen LogP contribution in [0.5, 0.6) is 17.2 Å². The number of aromatic nitrogens is 1. The van der Waals surface area contributed by atoms with E-state index in [2.05, 4.69) is 10.3 Å². The molecule has 1 aliphatic heterocycles. The Labute approximate surface area is 268 Å². The third-order valence-electron chi connectivity index (χ3n) is 7.82. The molecule has 13 heteroatoms. The fourth-order valence-electron chi connectivity index (χ4n) is 5.43. The third kappa shape index (κ3) is 9.56. The minimum absolute atomic E-state index is 0.0771. The fraction of sp³-hybridized carbons (Fsp3) is 0.545. The number of para-hydroxylation sites is 1. The zero-order chi connectivity index (χ0) is 32.9. The molecule has 2 aliphatic rings. The van der Waals surface area contributed by atoms with E-state index in [9.17, 15) is 19.2 Å². The lowest BCUT2D eigenvalue weighted by Crippen LogP contribution is -2.47. The molecule has 1 saturated carbocycles. The summed E-state index contributed by atoms with van der Waals surface area (Å²) >= 11 is 0. The Kier molecular flexibility index (Phi) is 13.0. The molecule has 4 rings (SSSR count). The van der Waals surface area contributed by atoms with Crippen molar-refractivity contribution in [1.82, 2.24) is 10.3 Å². The molecule has 1 aromatic heterocycles. The molecule has 2 fully saturated rings. The van der Waals surface area contributed by atoms with E-state index in [1.165, 1.54) is 19.4 Å². The van der Waals surface area contributed by atoms with Crippen LogP contribution in [-0.4, -0.2) is 80.3 Å². The first-order valence-corrected chi connectivity index (χ1v) is 15.6. The minimum atomic E-state index is -1.05. The molecular weight excluding hydrogens is 600 g/mol. The summed E-state index contributed by atoms with van der Waals surface area (Å²) in [6.07, 6.45) is 3.54. The van der Waals surface area contributed by atoms with E-state index in [1.807, 2.05) is 30.3 Å². The number of carbonyl (C=O) groups is 4. The van der Waals surface area contributed by atoms with E-state index in [4.69, 9.17) is 33.2 Å². The fourth-order valence-corrected chi connectivity index (χ4v) is 5.43. The molecule has 1 saturated heterocycles. The minimum Gasteiger partial charge on any atom is -0.493 e. The smallest absolute Gasteiger partial charge is 0.334 e. The van der Waals surface area contributed by atoms with Crippen LogP contribution in [0.25, 0.3) is 0 Å². The molecule has 2 heterocycles. The van der Waals surface area contributed by atoms with E-state index >= 15 is 0 Å². The number of esters is 3. The van der Waals surface area contributed by atoms with Gasteiger partial charge in [0.25, 0.3) is 5.91 Å². The van der Waals surface area contributed by atoms with Crippen molar-refractivity contribution in [1.29, 1.82) is 0 Å². The van der Waals surface area contributed by atoms with E-state index in [1.54, 1.807) is 13.8 Å².